The first-order valence-corrected chi connectivity index (χ1v) is 7.10. The summed E-state index contributed by atoms with van der Waals surface area (Å²) in [5.41, 5.74) is 1.26. The van der Waals surface area contributed by atoms with Crippen LogP contribution in [-0.2, 0) is 6.54 Å². The standard InChI is InChI=1S/C16H26N2O2/c1-16(2,3)9-10-17-15(20)18(11-12-19)13-14-7-5-4-6-8-14/h4-8,19H,9-13H2,1-3H3,(H,17,20). The van der Waals surface area contributed by atoms with E-state index in [-0.39, 0.29) is 18.1 Å². The van der Waals surface area contributed by atoms with Gasteiger partial charge in [-0.25, -0.2) is 4.79 Å². The van der Waals surface area contributed by atoms with Crippen LogP contribution >= 0.6 is 0 Å². The fourth-order valence-electron chi connectivity index (χ4n) is 1.83. The molecule has 0 saturated carbocycles. The van der Waals surface area contributed by atoms with E-state index in [2.05, 4.69) is 26.1 Å². The van der Waals surface area contributed by atoms with Gasteiger partial charge in [0.1, 0.15) is 0 Å². The fraction of sp³-hybridized carbons (Fsp3) is 0.562. The molecular formula is C16H26N2O2. The number of urea groups is 1. The Kier molecular flexibility index (Phi) is 6.52. The van der Waals surface area contributed by atoms with Crippen molar-refractivity contribution in [2.45, 2.75) is 33.7 Å². The molecule has 0 aliphatic carbocycles. The fourth-order valence-corrected chi connectivity index (χ4v) is 1.83. The smallest absolute Gasteiger partial charge is 0.317 e. The van der Waals surface area contributed by atoms with Crippen molar-refractivity contribution in [1.82, 2.24) is 10.2 Å². The third kappa shape index (κ3) is 6.57. The summed E-state index contributed by atoms with van der Waals surface area (Å²) >= 11 is 0. The molecule has 0 atom stereocenters. The highest BCUT2D eigenvalue weighted by Crippen LogP contribution is 2.17. The van der Waals surface area contributed by atoms with Crippen LogP contribution in [0.3, 0.4) is 0 Å². The molecule has 0 aliphatic heterocycles. The van der Waals surface area contributed by atoms with Crippen LogP contribution in [0.15, 0.2) is 30.3 Å². The first kappa shape index (κ1) is 16.5. The lowest BCUT2D eigenvalue weighted by atomic mass is 9.92. The Bertz CT molecular complexity index is 399. The molecule has 2 N–H and O–H groups in total. The van der Waals surface area contributed by atoms with Crippen LogP contribution < -0.4 is 5.32 Å². The summed E-state index contributed by atoms with van der Waals surface area (Å²) in [5, 5.41) is 12.0. The van der Waals surface area contributed by atoms with Crippen molar-refractivity contribution in [2.75, 3.05) is 19.7 Å². The minimum Gasteiger partial charge on any atom is -0.395 e. The Morgan fingerprint density at radius 1 is 1.25 bits per heavy atom. The molecule has 1 aromatic rings. The predicted molar refractivity (Wildman–Crippen MR) is 81.4 cm³/mol. The number of nitrogens with zero attached hydrogens (tertiary/aromatic N) is 1. The lowest BCUT2D eigenvalue weighted by molar-refractivity contribution is 0.173. The van der Waals surface area contributed by atoms with Crippen molar-refractivity contribution < 1.29 is 9.90 Å². The average Bonchev–Trinajstić information content (AvgIpc) is 2.38. The number of hydrogen-bond donors (Lipinski definition) is 2. The highest BCUT2D eigenvalue weighted by molar-refractivity contribution is 5.74. The van der Waals surface area contributed by atoms with E-state index >= 15 is 0 Å². The van der Waals surface area contributed by atoms with Gasteiger partial charge in [0.05, 0.1) is 6.61 Å². The molecule has 0 unspecified atom stereocenters. The molecule has 0 aromatic heterocycles. The number of carbonyl (C=O) groups is 1. The van der Waals surface area contributed by atoms with Crippen LogP contribution in [0, 0.1) is 5.41 Å². The zero-order valence-corrected chi connectivity index (χ0v) is 12.7. The van der Waals surface area contributed by atoms with Crippen molar-refractivity contribution in [3.63, 3.8) is 0 Å². The molecular weight excluding hydrogens is 252 g/mol. The second-order valence-corrected chi connectivity index (χ2v) is 6.17. The average molecular weight is 278 g/mol. The maximum atomic E-state index is 12.1. The van der Waals surface area contributed by atoms with Gasteiger partial charge in [-0.15, -0.1) is 0 Å². The normalized spacial score (nSPS) is 11.2. The summed E-state index contributed by atoms with van der Waals surface area (Å²) in [6.45, 7) is 7.93. The van der Waals surface area contributed by atoms with Crippen molar-refractivity contribution in [3.05, 3.63) is 35.9 Å². The molecule has 0 spiro atoms. The zero-order chi connectivity index (χ0) is 15.0. The summed E-state index contributed by atoms with van der Waals surface area (Å²) in [4.78, 5) is 13.8. The van der Waals surface area contributed by atoms with Crippen molar-refractivity contribution in [2.24, 2.45) is 5.41 Å². The number of aliphatic hydroxyl groups is 1. The Hall–Kier alpha value is -1.55. The van der Waals surface area contributed by atoms with E-state index in [1.54, 1.807) is 4.90 Å². The first-order valence-electron chi connectivity index (χ1n) is 7.10. The Morgan fingerprint density at radius 3 is 2.45 bits per heavy atom. The molecule has 0 bridgehead atoms. The Morgan fingerprint density at radius 2 is 1.90 bits per heavy atom. The molecule has 0 heterocycles. The molecule has 0 radical (unpaired) electrons. The monoisotopic (exact) mass is 278 g/mol. The lowest BCUT2D eigenvalue weighted by Crippen LogP contribution is -2.42. The van der Waals surface area contributed by atoms with Crippen LogP contribution in [-0.4, -0.2) is 35.7 Å². The van der Waals surface area contributed by atoms with Crippen molar-refractivity contribution in [3.8, 4) is 0 Å². The summed E-state index contributed by atoms with van der Waals surface area (Å²) < 4.78 is 0. The van der Waals surface area contributed by atoms with E-state index in [4.69, 9.17) is 5.11 Å². The molecule has 1 aromatic carbocycles. The molecule has 112 valence electrons. The van der Waals surface area contributed by atoms with E-state index in [0.29, 0.717) is 19.6 Å². The van der Waals surface area contributed by atoms with Crippen LogP contribution in [0.4, 0.5) is 4.79 Å². The number of amides is 2. The molecule has 4 nitrogen and oxygen atoms in total. The van der Waals surface area contributed by atoms with Gasteiger partial charge in [0.25, 0.3) is 0 Å². The summed E-state index contributed by atoms with van der Waals surface area (Å²) in [5.74, 6) is 0. The van der Waals surface area contributed by atoms with Gasteiger partial charge in [-0.05, 0) is 17.4 Å². The third-order valence-corrected chi connectivity index (χ3v) is 3.02. The van der Waals surface area contributed by atoms with Gasteiger partial charge in [0.2, 0.25) is 0 Å². The second-order valence-electron chi connectivity index (χ2n) is 6.17. The molecule has 4 heteroatoms. The van der Waals surface area contributed by atoms with Gasteiger partial charge in [-0.2, -0.15) is 0 Å². The van der Waals surface area contributed by atoms with Crippen molar-refractivity contribution in [1.29, 1.82) is 0 Å². The van der Waals surface area contributed by atoms with E-state index in [0.717, 1.165) is 12.0 Å². The van der Waals surface area contributed by atoms with Crippen LogP contribution in [0.2, 0.25) is 0 Å². The molecule has 0 aliphatic rings. The van der Waals surface area contributed by atoms with E-state index < -0.39 is 0 Å². The topological polar surface area (TPSA) is 52.6 Å². The minimum absolute atomic E-state index is 0.0282. The van der Waals surface area contributed by atoms with E-state index in [1.807, 2.05) is 30.3 Å². The summed E-state index contributed by atoms with van der Waals surface area (Å²) in [7, 11) is 0. The summed E-state index contributed by atoms with van der Waals surface area (Å²) in [6, 6.07) is 9.68. The molecule has 0 fully saturated rings. The van der Waals surface area contributed by atoms with Crippen molar-refractivity contribution >= 4 is 6.03 Å². The summed E-state index contributed by atoms with van der Waals surface area (Å²) in [6.07, 6.45) is 0.928. The Labute approximate surface area is 121 Å². The molecule has 0 saturated heterocycles. The van der Waals surface area contributed by atoms with Gasteiger partial charge in [0.15, 0.2) is 0 Å². The number of rotatable bonds is 6. The SMILES string of the molecule is CC(C)(C)CCNC(=O)N(CCO)Cc1ccccc1. The van der Waals surface area contributed by atoms with Gasteiger partial charge in [-0.3, -0.25) is 0 Å². The van der Waals surface area contributed by atoms with Gasteiger partial charge in [-0.1, -0.05) is 51.1 Å². The van der Waals surface area contributed by atoms with Crippen LogP contribution in [0.5, 0.6) is 0 Å². The van der Waals surface area contributed by atoms with Crippen LogP contribution in [0.25, 0.3) is 0 Å². The van der Waals surface area contributed by atoms with Gasteiger partial charge < -0.3 is 15.3 Å². The number of aliphatic hydroxyl groups excluding tert-OH is 1. The maximum absolute atomic E-state index is 12.1. The second kappa shape index (κ2) is 7.90. The number of hydrogen-bond acceptors (Lipinski definition) is 2. The third-order valence-electron chi connectivity index (χ3n) is 3.02. The zero-order valence-electron chi connectivity index (χ0n) is 12.7. The molecule has 1 rings (SSSR count). The maximum Gasteiger partial charge on any atom is 0.317 e. The minimum atomic E-state index is -0.118. The lowest BCUT2D eigenvalue weighted by Gasteiger charge is -2.24. The number of benzene rings is 1. The number of nitrogens with one attached hydrogen (secondary N) is 1. The van der Waals surface area contributed by atoms with E-state index in [1.165, 1.54) is 0 Å². The van der Waals surface area contributed by atoms with E-state index in [9.17, 15) is 4.79 Å². The van der Waals surface area contributed by atoms with Gasteiger partial charge in [0, 0.05) is 19.6 Å². The largest absolute Gasteiger partial charge is 0.395 e. The quantitative estimate of drug-likeness (QED) is 0.840. The Balaban J connectivity index is 2.50. The highest BCUT2D eigenvalue weighted by atomic mass is 16.3. The first-order chi connectivity index (χ1) is 9.42. The molecule has 20 heavy (non-hydrogen) atoms. The highest BCUT2D eigenvalue weighted by Gasteiger charge is 2.15. The van der Waals surface area contributed by atoms with Crippen LogP contribution in [0.1, 0.15) is 32.8 Å². The van der Waals surface area contributed by atoms with Gasteiger partial charge >= 0.3 is 6.03 Å². The number of carbonyl (C=O) groups excluding carboxylic acids is 1. The predicted octanol–water partition coefficient (Wildman–Crippen LogP) is 2.63. The molecule has 2 amide bonds.